The normalized spacial score (nSPS) is 12.9. The Hall–Kier alpha value is -2.64. The van der Waals surface area contributed by atoms with Gasteiger partial charge in [-0.3, -0.25) is 0 Å². The molecule has 0 bridgehead atoms. The Morgan fingerprint density at radius 1 is 1.24 bits per heavy atom. The summed E-state index contributed by atoms with van der Waals surface area (Å²) in [5, 5.41) is 15.2. The van der Waals surface area contributed by atoms with Gasteiger partial charge >= 0.3 is 6.03 Å². The first kappa shape index (κ1) is 18.7. The fourth-order valence-corrected chi connectivity index (χ4v) is 2.16. The third-order valence-corrected chi connectivity index (χ3v) is 3.52. The van der Waals surface area contributed by atoms with Crippen molar-refractivity contribution in [1.82, 2.24) is 10.3 Å². The van der Waals surface area contributed by atoms with Crippen LogP contribution in [-0.4, -0.2) is 42.5 Å². The Bertz CT molecular complexity index is 666. The number of ether oxygens (including phenoxy) is 2. The summed E-state index contributed by atoms with van der Waals surface area (Å²) in [5.74, 6) is 0.318. The van der Waals surface area contributed by atoms with Gasteiger partial charge in [0.1, 0.15) is 5.69 Å². The average Bonchev–Trinajstić information content (AvgIpc) is 2.65. The molecule has 7 nitrogen and oxygen atoms in total. The lowest BCUT2D eigenvalue weighted by Gasteiger charge is -2.17. The zero-order valence-corrected chi connectivity index (χ0v) is 14.3. The first-order valence-electron chi connectivity index (χ1n) is 7.98. The van der Waals surface area contributed by atoms with Crippen molar-refractivity contribution in [1.29, 1.82) is 0 Å². The van der Waals surface area contributed by atoms with Crippen molar-refractivity contribution >= 4 is 11.7 Å². The zero-order valence-electron chi connectivity index (χ0n) is 14.3. The van der Waals surface area contributed by atoms with Crippen LogP contribution in [0.5, 0.6) is 5.88 Å². The zero-order chi connectivity index (χ0) is 18.1. The second-order valence-electron chi connectivity index (χ2n) is 5.44. The van der Waals surface area contributed by atoms with E-state index in [4.69, 9.17) is 9.47 Å². The molecule has 3 N–H and O–H groups in total. The van der Waals surface area contributed by atoms with Crippen LogP contribution >= 0.6 is 0 Å². The Balaban J connectivity index is 1.72. The molecule has 2 amide bonds. The predicted molar refractivity (Wildman–Crippen MR) is 94.6 cm³/mol. The standard InChI is InChI=1S/C18H23N3O4/c1-13(14-7-4-3-5-8-14)25-12-15(22)11-20-18(23)21-16-9-6-10-19-17(16)24-2/h3-10,13,15,22H,11-12H2,1-2H3,(H2,20,21,23)/t13-,15-/m1/s1. The summed E-state index contributed by atoms with van der Waals surface area (Å²) < 4.78 is 10.7. The molecule has 7 heteroatoms. The van der Waals surface area contributed by atoms with Crippen LogP contribution in [0.3, 0.4) is 0 Å². The van der Waals surface area contributed by atoms with Crippen molar-refractivity contribution in [2.75, 3.05) is 25.6 Å². The summed E-state index contributed by atoms with van der Waals surface area (Å²) in [6.45, 7) is 2.10. The molecule has 0 aliphatic rings. The molecule has 0 saturated carbocycles. The van der Waals surface area contributed by atoms with Crippen LogP contribution in [0.15, 0.2) is 48.7 Å². The van der Waals surface area contributed by atoms with Gasteiger partial charge in [-0.2, -0.15) is 0 Å². The molecule has 0 unspecified atom stereocenters. The van der Waals surface area contributed by atoms with Crippen LogP contribution < -0.4 is 15.4 Å². The number of amides is 2. The minimum Gasteiger partial charge on any atom is -0.480 e. The number of carbonyl (C=O) groups is 1. The minimum atomic E-state index is -0.812. The number of hydrogen-bond donors (Lipinski definition) is 3. The number of urea groups is 1. The Morgan fingerprint density at radius 2 is 2.00 bits per heavy atom. The van der Waals surface area contributed by atoms with E-state index in [2.05, 4.69) is 15.6 Å². The maximum Gasteiger partial charge on any atom is 0.319 e. The van der Waals surface area contributed by atoms with Gasteiger partial charge in [0.25, 0.3) is 0 Å². The van der Waals surface area contributed by atoms with E-state index in [9.17, 15) is 9.90 Å². The molecule has 2 rings (SSSR count). The number of nitrogens with zero attached hydrogens (tertiary/aromatic N) is 1. The molecule has 0 spiro atoms. The van der Waals surface area contributed by atoms with Crippen molar-refractivity contribution in [3.63, 3.8) is 0 Å². The molecule has 1 aromatic carbocycles. The van der Waals surface area contributed by atoms with Crippen molar-refractivity contribution in [3.05, 3.63) is 54.2 Å². The second kappa shape index (κ2) is 9.61. The Kier molecular flexibility index (Phi) is 7.18. The van der Waals surface area contributed by atoms with Crippen molar-refractivity contribution in [2.24, 2.45) is 0 Å². The maximum absolute atomic E-state index is 11.9. The van der Waals surface area contributed by atoms with E-state index >= 15 is 0 Å². The molecule has 0 radical (unpaired) electrons. The number of benzene rings is 1. The van der Waals surface area contributed by atoms with E-state index in [1.165, 1.54) is 7.11 Å². The van der Waals surface area contributed by atoms with Crippen molar-refractivity contribution in [2.45, 2.75) is 19.1 Å². The number of aromatic nitrogens is 1. The highest BCUT2D eigenvalue weighted by Crippen LogP contribution is 2.19. The van der Waals surface area contributed by atoms with Crippen molar-refractivity contribution < 1.29 is 19.4 Å². The number of carbonyl (C=O) groups excluding carboxylic acids is 1. The van der Waals surface area contributed by atoms with Gasteiger partial charge in [0.05, 0.1) is 25.9 Å². The lowest BCUT2D eigenvalue weighted by molar-refractivity contribution is -0.000953. The van der Waals surface area contributed by atoms with Crippen LogP contribution in [0.2, 0.25) is 0 Å². The van der Waals surface area contributed by atoms with Gasteiger partial charge in [-0.15, -0.1) is 0 Å². The number of nitrogens with one attached hydrogen (secondary N) is 2. The number of pyridine rings is 1. The number of hydrogen-bond acceptors (Lipinski definition) is 5. The molecular weight excluding hydrogens is 322 g/mol. The summed E-state index contributed by atoms with van der Waals surface area (Å²) in [7, 11) is 1.47. The Labute approximate surface area is 147 Å². The summed E-state index contributed by atoms with van der Waals surface area (Å²) in [6.07, 6.45) is 0.619. The van der Waals surface area contributed by atoms with E-state index < -0.39 is 12.1 Å². The quantitative estimate of drug-likeness (QED) is 0.683. The molecule has 0 saturated heterocycles. The molecule has 0 aliphatic heterocycles. The molecular formula is C18H23N3O4. The molecule has 134 valence electrons. The topological polar surface area (TPSA) is 92.7 Å². The molecule has 1 heterocycles. The maximum atomic E-state index is 11.9. The van der Waals surface area contributed by atoms with E-state index in [0.29, 0.717) is 11.6 Å². The number of rotatable bonds is 8. The van der Waals surface area contributed by atoms with Gasteiger partial charge in [-0.1, -0.05) is 30.3 Å². The van der Waals surface area contributed by atoms with Gasteiger partial charge in [0.2, 0.25) is 5.88 Å². The molecule has 0 aliphatic carbocycles. The van der Waals surface area contributed by atoms with E-state index in [-0.39, 0.29) is 19.3 Å². The number of methoxy groups -OCH3 is 1. The molecule has 1 aromatic heterocycles. The fourth-order valence-electron chi connectivity index (χ4n) is 2.16. The number of aliphatic hydroxyl groups excluding tert-OH is 1. The van der Waals surface area contributed by atoms with Gasteiger partial charge in [-0.05, 0) is 24.6 Å². The highest BCUT2D eigenvalue weighted by Gasteiger charge is 2.12. The fraction of sp³-hybridized carbons (Fsp3) is 0.333. The molecule has 0 fully saturated rings. The van der Waals surface area contributed by atoms with Gasteiger partial charge in [-0.25, -0.2) is 9.78 Å². The lowest BCUT2D eigenvalue weighted by atomic mass is 10.1. The summed E-state index contributed by atoms with van der Waals surface area (Å²) in [6, 6.07) is 12.6. The minimum absolute atomic E-state index is 0.0654. The first-order chi connectivity index (χ1) is 12.1. The second-order valence-corrected chi connectivity index (χ2v) is 5.44. The van der Waals surface area contributed by atoms with Crippen LogP contribution in [-0.2, 0) is 4.74 Å². The summed E-state index contributed by atoms with van der Waals surface area (Å²) in [5.41, 5.74) is 1.48. The highest BCUT2D eigenvalue weighted by atomic mass is 16.5. The van der Waals surface area contributed by atoms with E-state index in [1.807, 2.05) is 37.3 Å². The molecule has 2 atom stereocenters. The smallest absolute Gasteiger partial charge is 0.319 e. The third kappa shape index (κ3) is 6.06. The van der Waals surface area contributed by atoms with Crippen molar-refractivity contribution in [3.8, 4) is 5.88 Å². The third-order valence-electron chi connectivity index (χ3n) is 3.52. The summed E-state index contributed by atoms with van der Waals surface area (Å²) in [4.78, 5) is 15.9. The lowest BCUT2D eigenvalue weighted by Crippen LogP contribution is -2.37. The van der Waals surface area contributed by atoms with Crippen LogP contribution in [0, 0.1) is 0 Å². The van der Waals surface area contributed by atoms with Gasteiger partial charge < -0.3 is 25.2 Å². The SMILES string of the molecule is COc1ncccc1NC(=O)NC[C@@H](O)CO[C@H](C)c1ccccc1. The monoisotopic (exact) mass is 345 g/mol. The van der Waals surface area contributed by atoms with Gasteiger partial charge in [0.15, 0.2) is 0 Å². The van der Waals surface area contributed by atoms with E-state index in [0.717, 1.165) is 5.56 Å². The van der Waals surface area contributed by atoms with Crippen LogP contribution in [0.1, 0.15) is 18.6 Å². The first-order valence-corrected chi connectivity index (χ1v) is 7.98. The number of anilines is 1. The van der Waals surface area contributed by atoms with Crippen LogP contribution in [0.4, 0.5) is 10.5 Å². The molecule has 2 aromatic rings. The largest absolute Gasteiger partial charge is 0.480 e. The van der Waals surface area contributed by atoms with Crippen LogP contribution in [0.25, 0.3) is 0 Å². The number of aliphatic hydroxyl groups is 1. The van der Waals surface area contributed by atoms with E-state index in [1.54, 1.807) is 18.3 Å². The Morgan fingerprint density at radius 3 is 2.72 bits per heavy atom. The summed E-state index contributed by atoms with van der Waals surface area (Å²) >= 11 is 0. The highest BCUT2D eigenvalue weighted by molar-refractivity contribution is 5.90. The van der Waals surface area contributed by atoms with Gasteiger partial charge in [0, 0.05) is 12.7 Å². The average molecular weight is 345 g/mol. The molecule has 25 heavy (non-hydrogen) atoms. The predicted octanol–water partition coefficient (Wildman–Crippen LogP) is 2.35.